The van der Waals surface area contributed by atoms with Crippen LogP contribution in [0.4, 0.5) is 8.78 Å². The molecule has 0 N–H and O–H groups in total. The van der Waals surface area contributed by atoms with E-state index < -0.39 is 21.7 Å². The molecule has 90 valence electrons. The van der Waals surface area contributed by atoms with E-state index in [1.54, 1.807) is 0 Å². The summed E-state index contributed by atoms with van der Waals surface area (Å²) in [4.78, 5) is 0. The maximum absolute atomic E-state index is 12.9. The summed E-state index contributed by atoms with van der Waals surface area (Å²) >= 11 is 0. The van der Waals surface area contributed by atoms with E-state index in [4.69, 9.17) is 0 Å². The Labute approximate surface area is 93.7 Å². The molecule has 1 aromatic rings. The van der Waals surface area contributed by atoms with Crippen LogP contribution in [0.15, 0.2) is 18.2 Å². The summed E-state index contributed by atoms with van der Waals surface area (Å²) in [5.74, 6) is -1.93. The SMILES string of the molecule is CCS(=O)(=O)N(C)Cc1ccc(F)c(F)c1. The van der Waals surface area contributed by atoms with Crippen LogP contribution in [0.3, 0.4) is 0 Å². The largest absolute Gasteiger partial charge is 0.213 e. The lowest BCUT2D eigenvalue weighted by molar-refractivity contribution is 0.463. The topological polar surface area (TPSA) is 37.4 Å². The van der Waals surface area contributed by atoms with Gasteiger partial charge >= 0.3 is 0 Å². The summed E-state index contributed by atoms with van der Waals surface area (Å²) in [7, 11) is -1.90. The Morgan fingerprint density at radius 2 is 1.88 bits per heavy atom. The van der Waals surface area contributed by atoms with Crippen LogP contribution in [0, 0.1) is 11.6 Å². The quantitative estimate of drug-likeness (QED) is 0.815. The number of hydrogen-bond donors (Lipinski definition) is 0. The second-order valence-corrected chi connectivity index (χ2v) is 5.77. The molecule has 0 spiro atoms. The first-order chi connectivity index (χ1) is 7.36. The first kappa shape index (κ1) is 13.1. The molecule has 0 aromatic heterocycles. The van der Waals surface area contributed by atoms with Crippen LogP contribution in [0.2, 0.25) is 0 Å². The van der Waals surface area contributed by atoms with Crippen molar-refractivity contribution in [3.8, 4) is 0 Å². The molecule has 0 aliphatic carbocycles. The van der Waals surface area contributed by atoms with Crippen molar-refractivity contribution in [2.24, 2.45) is 0 Å². The molecule has 0 unspecified atom stereocenters. The minimum Gasteiger partial charge on any atom is -0.212 e. The van der Waals surface area contributed by atoms with Gasteiger partial charge in [-0.15, -0.1) is 0 Å². The molecule has 6 heteroatoms. The first-order valence-corrected chi connectivity index (χ1v) is 6.35. The number of sulfonamides is 1. The highest BCUT2D eigenvalue weighted by Crippen LogP contribution is 2.12. The average Bonchev–Trinajstić information content (AvgIpc) is 2.23. The molecule has 0 amide bonds. The van der Waals surface area contributed by atoms with Crippen molar-refractivity contribution in [2.45, 2.75) is 13.5 Å². The van der Waals surface area contributed by atoms with Crippen LogP contribution in [0.25, 0.3) is 0 Å². The lowest BCUT2D eigenvalue weighted by Gasteiger charge is -2.15. The van der Waals surface area contributed by atoms with Gasteiger partial charge in [-0.25, -0.2) is 21.5 Å². The van der Waals surface area contributed by atoms with Crippen LogP contribution >= 0.6 is 0 Å². The molecule has 1 rings (SSSR count). The van der Waals surface area contributed by atoms with Crippen molar-refractivity contribution in [1.29, 1.82) is 0 Å². The van der Waals surface area contributed by atoms with E-state index in [1.807, 2.05) is 0 Å². The summed E-state index contributed by atoms with van der Waals surface area (Å²) in [6.45, 7) is 1.56. The van der Waals surface area contributed by atoms with Crippen LogP contribution < -0.4 is 0 Å². The monoisotopic (exact) mass is 249 g/mol. The van der Waals surface area contributed by atoms with Gasteiger partial charge in [0.25, 0.3) is 0 Å². The molecule has 0 saturated carbocycles. The van der Waals surface area contributed by atoms with Crippen molar-refractivity contribution in [3.63, 3.8) is 0 Å². The van der Waals surface area contributed by atoms with Crippen molar-refractivity contribution >= 4 is 10.0 Å². The van der Waals surface area contributed by atoms with E-state index in [9.17, 15) is 17.2 Å². The molecule has 0 atom stereocenters. The molecule has 0 bridgehead atoms. The third kappa shape index (κ3) is 2.99. The Morgan fingerprint density at radius 1 is 1.25 bits per heavy atom. The van der Waals surface area contributed by atoms with Gasteiger partial charge in [-0.1, -0.05) is 6.07 Å². The van der Waals surface area contributed by atoms with Gasteiger partial charge in [0.05, 0.1) is 5.75 Å². The van der Waals surface area contributed by atoms with E-state index in [0.29, 0.717) is 5.56 Å². The molecular formula is C10H13F2NO2S. The molecule has 0 saturated heterocycles. The fraction of sp³-hybridized carbons (Fsp3) is 0.400. The lowest BCUT2D eigenvalue weighted by Crippen LogP contribution is -2.27. The molecular weight excluding hydrogens is 236 g/mol. The Hall–Kier alpha value is -1.01. The van der Waals surface area contributed by atoms with Crippen LogP contribution in [0.5, 0.6) is 0 Å². The molecule has 0 aliphatic heterocycles. The van der Waals surface area contributed by atoms with Crippen molar-refractivity contribution in [3.05, 3.63) is 35.4 Å². The summed E-state index contributed by atoms with van der Waals surface area (Å²) in [5.41, 5.74) is 0.415. The van der Waals surface area contributed by atoms with Crippen molar-refractivity contribution < 1.29 is 17.2 Å². The van der Waals surface area contributed by atoms with E-state index >= 15 is 0 Å². The molecule has 0 aliphatic rings. The highest BCUT2D eigenvalue weighted by molar-refractivity contribution is 7.89. The Balaban J connectivity index is 2.86. The van der Waals surface area contributed by atoms with Gasteiger partial charge in [-0.05, 0) is 24.6 Å². The van der Waals surface area contributed by atoms with E-state index in [0.717, 1.165) is 16.4 Å². The van der Waals surface area contributed by atoms with Crippen LogP contribution in [-0.4, -0.2) is 25.5 Å². The minimum atomic E-state index is -3.30. The molecule has 1 aromatic carbocycles. The third-order valence-corrected chi connectivity index (χ3v) is 4.04. The summed E-state index contributed by atoms with van der Waals surface area (Å²) in [5, 5.41) is 0. The van der Waals surface area contributed by atoms with Gasteiger partial charge in [-0.2, -0.15) is 0 Å². The number of benzene rings is 1. The maximum atomic E-state index is 12.9. The van der Waals surface area contributed by atoms with Gasteiger partial charge in [-0.3, -0.25) is 0 Å². The van der Waals surface area contributed by atoms with E-state index in [-0.39, 0.29) is 12.3 Å². The molecule has 3 nitrogen and oxygen atoms in total. The first-order valence-electron chi connectivity index (χ1n) is 4.74. The lowest BCUT2D eigenvalue weighted by atomic mass is 10.2. The number of halogens is 2. The maximum Gasteiger partial charge on any atom is 0.213 e. The van der Waals surface area contributed by atoms with Crippen molar-refractivity contribution in [1.82, 2.24) is 4.31 Å². The third-order valence-electron chi connectivity index (χ3n) is 2.23. The average molecular weight is 249 g/mol. The van der Waals surface area contributed by atoms with Crippen LogP contribution in [-0.2, 0) is 16.6 Å². The zero-order valence-corrected chi connectivity index (χ0v) is 9.89. The fourth-order valence-electron chi connectivity index (χ4n) is 1.21. The highest BCUT2D eigenvalue weighted by Gasteiger charge is 2.15. The van der Waals surface area contributed by atoms with Gasteiger partial charge in [0.15, 0.2) is 11.6 Å². The van der Waals surface area contributed by atoms with E-state index in [1.165, 1.54) is 20.0 Å². The standard InChI is InChI=1S/C10H13F2NO2S/c1-3-16(14,15)13(2)7-8-4-5-9(11)10(12)6-8/h4-6H,3,7H2,1-2H3. The second kappa shape index (κ2) is 4.88. The number of rotatable bonds is 4. The highest BCUT2D eigenvalue weighted by atomic mass is 32.2. The Morgan fingerprint density at radius 3 is 2.38 bits per heavy atom. The summed E-state index contributed by atoms with van der Waals surface area (Å²) in [6.07, 6.45) is 0. The molecule has 0 heterocycles. The summed E-state index contributed by atoms with van der Waals surface area (Å²) < 4.78 is 49.4. The zero-order chi connectivity index (χ0) is 12.3. The van der Waals surface area contributed by atoms with Gasteiger partial charge < -0.3 is 0 Å². The van der Waals surface area contributed by atoms with Gasteiger partial charge in [0.1, 0.15) is 0 Å². The Bertz CT molecular complexity index is 474. The molecule has 0 radical (unpaired) electrons. The second-order valence-electron chi connectivity index (χ2n) is 3.41. The van der Waals surface area contributed by atoms with Gasteiger partial charge in [0, 0.05) is 13.6 Å². The minimum absolute atomic E-state index is 0.0207. The van der Waals surface area contributed by atoms with E-state index in [2.05, 4.69) is 0 Å². The smallest absolute Gasteiger partial charge is 0.212 e. The number of hydrogen-bond acceptors (Lipinski definition) is 2. The Kier molecular flexibility index (Phi) is 3.98. The summed E-state index contributed by atoms with van der Waals surface area (Å²) in [6, 6.07) is 3.34. The number of nitrogens with zero attached hydrogens (tertiary/aromatic N) is 1. The van der Waals surface area contributed by atoms with Crippen LogP contribution in [0.1, 0.15) is 12.5 Å². The molecule has 16 heavy (non-hydrogen) atoms. The fourth-order valence-corrected chi connectivity index (χ4v) is 2.00. The zero-order valence-electron chi connectivity index (χ0n) is 9.07. The van der Waals surface area contributed by atoms with Gasteiger partial charge in [0.2, 0.25) is 10.0 Å². The molecule has 0 fully saturated rings. The predicted octanol–water partition coefficient (Wildman–Crippen LogP) is 1.75. The predicted molar refractivity (Wildman–Crippen MR) is 57.3 cm³/mol. The normalized spacial score (nSPS) is 12.1. The van der Waals surface area contributed by atoms with Crippen molar-refractivity contribution in [2.75, 3.05) is 12.8 Å².